The van der Waals surface area contributed by atoms with E-state index in [4.69, 9.17) is 10.9 Å². The Balaban J connectivity index is 4.09. The van der Waals surface area contributed by atoms with Gasteiger partial charge in [-0.3, -0.25) is 4.90 Å². The molecule has 0 bridgehead atoms. The quantitative estimate of drug-likeness (QED) is 0.212. The molecule has 0 saturated carbocycles. The number of amidine groups is 1. The Kier molecular flexibility index (Phi) is 8.81. The van der Waals surface area contributed by atoms with Crippen molar-refractivity contribution in [3.05, 3.63) is 0 Å². The third-order valence-corrected chi connectivity index (χ3v) is 3.96. The van der Waals surface area contributed by atoms with E-state index >= 15 is 0 Å². The van der Waals surface area contributed by atoms with Crippen molar-refractivity contribution in [1.29, 1.82) is 0 Å². The van der Waals surface area contributed by atoms with Crippen LogP contribution in [0.4, 0.5) is 0 Å². The van der Waals surface area contributed by atoms with Crippen molar-refractivity contribution in [1.82, 2.24) is 9.80 Å². The Labute approximate surface area is 124 Å². The molecule has 0 rings (SSSR count). The molecule has 0 heterocycles. The fourth-order valence-corrected chi connectivity index (χ4v) is 2.48. The molecule has 0 aliphatic carbocycles. The van der Waals surface area contributed by atoms with Crippen molar-refractivity contribution in [3.63, 3.8) is 0 Å². The normalized spacial score (nSPS) is 15.1. The molecule has 1 unspecified atom stereocenters. The summed E-state index contributed by atoms with van der Waals surface area (Å²) in [4.78, 5) is 4.74. The van der Waals surface area contributed by atoms with Crippen LogP contribution in [0.3, 0.4) is 0 Å². The molecule has 0 fully saturated rings. The molecule has 0 aliphatic heterocycles. The van der Waals surface area contributed by atoms with E-state index in [-0.39, 0.29) is 5.41 Å². The smallest absolute Gasteiger partial charge is 0.144 e. The lowest BCUT2D eigenvalue weighted by molar-refractivity contribution is 0.177. The van der Waals surface area contributed by atoms with Crippen LogP contribution in [0.1, 0.15) is 47.0 Å². The van der Waals surface area contributed by atoms with Gasteiger partial charge in [-0.2, -0.15) is 0 Å². The van der Waals surface area contributed by atoms with Crippen LogP contribution in [0, 0.1) is 5.41 Å². The maximum Gasteiger partial charge on any atom is 0.144 e. The molecule has 0 spiro atoms. The minimum atomic E-state index is -0.221. The monoisotopic (exact) mass is 286 g/mol. The molecule has 5 nitrogen and oxygen atoms in total. The van der Waals surface area contributed by atoms with Gasteiger partial charge in [0.25, 0.3) is 0 Å². The minimum absolute atomic E-state index is 0.221. The number of hydrogen-bond acceptors (Lipinski definition) is 4. The number of rotatable bonds is 10. The molecule has 0 aliphatic rings. The van der Waals surface area contributed by atoms with E-state index < -0.39 is 0 Å². The molecule has 0 saturated heterocycles. The molecular formula is C15H34N4O. The van der Waals surface area contributed by atoms with E-state index in [9.17, 15) is 0 Å². The number of hydrogen-bond donors (Lipinski definition) is 2. The zero-order valence-electron chi connectivity index (χ0n) is 14.2. The van der Waals surface area contributed by atoms with Crippen LogP contribution < -0.4 is 5.73 Å². The molecule has 0 amide bonds. The summed E-state index contributed by atoms with van der Waals surface area (Å²) >= 11 is 0. The summed E-state index contributed by atoms with van der Waals surface area (Å²) in [5, 5.41) is 11.9. The number of oxime groups is 1. The van der Waals surface area contributed by atoms with Crippen molar-refractivity contribution >= 4 is 5.84 Å². The predicted molar refractivity (Wildman–Crippen MR) is 86.3 cm³/mol. The molecule has 1 atom stereocenters. The Morgan fingerprint density at radius 2 is 1.90 bits per heavy atom. The number of unbranched alkanes of at least 4 members (excludes halogenated alkanes) is 1. The Morgan fingerprint density at radius 1 is 1.30 bits per heavy atom. The van der Waals surface area contributed by atoms with Gasteiger partial charge in [-0.05, 0) is 47.0 Å². The zero-order valence-corrected chi connectivity index (χ0v) is 14.2. The molecule has 0 radical (unpaired) electrons. The lowest BCUT2D eigenvalue weighted by atomic mass is 9.86. The van der Waals surface area contributed by atoms with Crippen molar-refractivity contribution < 1.29 is 5.21 Å². The Morgan fingerprint density at radius 3 is 2.35 bits per heavy atom. The van der Waals surface area contributed by atoms with Gasteiger partial charge < -0.3 is 15.8 Å². The molecule has 5 heteroatoms. The van der Waals surface area contributed by atoms with Crippen LogP contribution in [0.2, 0.25) is 0 Å². The molecule has 0 aromatic carbocycles. The summed E-state index contributed by atoms with van der Waals surface area (Å²) in [5.74, 6) is 0.325. The van der Waals surface area contributed by atoms with Gasteiger partial charge in [0.15, 0.2) is 0 Å². The maximum atomic E-state index is 8.76. The standard InChI is InChI=1S/C15H34N4O/c1-7-19(13(2)12-18(5)6)11-9-8-10-15(3,4)14(16)17-20/h13,20H,7-12H2,1-6H3,(H2,16,17). The fourth-order valence-electron chi connectivity index (χ4n) is 2.48. The lowest BCUT2D eigenvalue weighted by Gasteiger charge is -2.30. The first kappa shape index (κ1) is 19.2. The Bertz CT molecular complexity index is 290. The first-order chi connectivity index (χ1) is 9.24. The van der Waals surface area contributed by atoms with Gasteiger partial charge >= 0.3 is 0 Å². The largest absolute Gasteiger partial charge is 0.409 e. The minimum Gasteiger partial charge on any atom is -0.409 e. The molecule has 0 aromatic heterocycles. The second-order valence-corrected chi connectivity index (χ2v) is 6.57. The molecule has 3 N–H and O–H groups in total. The van der Waals surface area contributed by atoms with E-state index in [1.165, 1.54) is 0 Å². The highest BCUT2D eigenvalue weighted by atomic mass is 16.4. The van der Waals surface area contributed by atoms with Gasteiger partial charge in [-0.25, -0.2) is 0 Å². The third kappa shape index (κ3) is 7.10. The van der Waals surface area contributed by atoms with E-state index in [1.54, 1.807) is 0 Å². The van der Waals surface area contributed by atoms with E-state index in [1.807, 2.05) is 13.8 Å². The molecular weight excluding hydrogens is 252 g/mol. The van der Waals surface area contributed by atoms with Gasteiger partial charge in [0.05, 0.1) is 0 Å². The highest BCUT2D eigenvalue weighted by Crippen LogP contribution is 2.23. The summed E-state index contributed by atoms with van der Waals surface area (Å²) in [5.41, 5.74) is 5.48. The number of nitrogens with zero attached hydrogens (tertiary/aromatic N) is 3. The maximum absolute atomic E-state index is 8.76. The topological polar surface area (TPSA) is 65.1 Å². The first-order valence-electron chi connectivity index (χ1n) is 7.61. The number of nitrogens with two attached hydrogens (primary N) is 1. The van der Waals surface area contributed by atoms with Crippen LogP contribution in [-0.2, 0) is 0 Å². The van der Waals surface area contributed by atoms with Crippen molar-refractivity contribution in [2.45, 2.75) is 53.0 Å². The van der Waals surface area contributed by atoms with Crippen molar-refractivity contribution in [2.24, 2.45) is 16.3 Å². The van der Waals surface area contributed by atoms with Gasteiger partial charge in [-0.1, -0.05) is 32.3 Å². The van der Waals surface area contributed by atoms with E-state index in [0.29, 0.717) is 11.9 Å². The number of likely N-dealkylation sites (N-methyl/N-ethyl adjacent to an activating group) is 2. The summed E-state index contributed by atoms with van der Waals surface area (Å²) in [7, 11) is 4.23. The summed E-state index contributed by atoms with van der Waals surface area (Å²) in [6, 6.07) is 0.576. The average molecular weight is 286 g/mol. The lowest BCUT2D eigenvalue weighted by Crippen LogP contribution is -2.40. The molecule has 120 valence electrons. The van der Waals surface area contributed by atoms with Crippen molar-refractivity contribution in [3.8, 4) is 0 Å². The van der Waals surface area contributed by atoms with E-state index in [0.717, 1.165) is 38.9 Å². The highest BCUT2D eigenvalue weighted by molar-refractivity contribution is 5.85. The first-order valence-corrected chi connectivity index (χ1v) is 7.61. The zero-order chi connectivity index (χ0) is 15.8. The van der Waals surface area contributed by atoms with E-state index in [2.05, 4.69) is 42.9 Å². The highest BCUT2D eigenvalue weighted by Gasteiger charge is 2.23. The van der Waals surface area contributed by atoms with Crippen LogP contribution in [0.15, 0.2) is 5.16 Å². The van der Waals surface area contributed by atoms with Gasteiger partial charge in [0.2, 0.25) is 0 Å². The molecule has 20 heavy (non-hydrogen) atoms. The third-order valence-electron chi connectivity index (χ3n) is 3.96. The summed E-state index contributed by atoms with van der Waals surface area (Å²) < 4.78 is 0. The average Bonchev–Trinajstić information content (AvgIpc) is 2.36. The van der Waals surface area contributed by atoms with Crippen LogP contribution >= 0.6 is 0 Å². The van der Waals surface area contributed by atoms with Crippen molar-refractivity contribution in [2.75, 3.05) is 33.7 Å². The van der Waals surface area contributed by atoms with Gasteiger partial charge in [0.1, 0.15) is 5.84 Å². The molecule has 0 aromatic rings. The second kappa shape index (κ2) is 9.19. The fraction of sp³-hybridized carbons (Fsp3) is 0.933. The van der Waals surface area contributed by atoms with Crippen LogP contribution in [0.25, 0.3) is 0 Å². The van der Waals surface area contributed by atoms with Crippen LogP contribution in [0.5, 0.6) is 0 Å². The Hall–Kier alpha value is -0.810. The van der Waals surface area contributed by atoms with Gasteiger partial charge in [-0.15, -0.1) is 0 Å². The second-order valence-electron chi connectivity index (χ2n) is 6.57. The summed E-state index contributed by atoms with van der Waals surface area (Å²) in [6.45, 7) is 11.8. The van der Waals surface area contributed by atoms with Gasteiger partial charge in [0, 0.05) is 18.0 Å². The predicted octanol–water partition coefficient (Wildman–Crippen LogP) is 2.20. The summed E-state index contributed by atoms with van der Waals surface area (Å²) in [6.07, 6.45) is 3.19. The van der Waals surface area contributed by atoms with Crippen LogP contribution in [-0.4, -0.2) is 60.6 Å². The SMILES string of the molecule is CCN(CCCCC(C)(C)C(N)=NO)C(C)CN(C)C.